The second kappa shape index (κ2) is 8.03. The fourth-order valence-corrected chi connectivity index (χ4v) is 4.85. The predicted molar refractivity (Wildman–Crippen MR) is 127 cm³/mol. The number of rotatable bonds is 4. The third-order valence-electron chi connectivity index (χ3n) is 5.91. The van der Waals surface area contributed by atoms with Crippen molar-refractivity contribution in [3.63, 3.8) is 0 Å². The van der Waals surface area contributed by atoms with Gasteiger partial charge >= 0.3 is 0 Å². The Kier molecular flexibility index (Phi) is 5.58. The van der Waals surface area contributed by atoms with Gasteiger partial charge in [0, 0.05) is 11.3 Å². The minimum atomic E-state index is -0.270. The molecule has 0 saturated heterocycles. The average Bonchev–Trinajstić information content (AvgIpc) is 3.08. The molecule has 2 aromatic carbocycles. The average molecular weight is 420 g/mol. The third kappa shape index (κ3) is 3.83. The van der Waals surface area contributed by atoms with E-state index in [1.54, 1.807) is 11.8 Å². The summed E-state index contributed by atoms with van der Waals surface area (Å²) in [7, 11) is 0. The maximum absolute atomic E-state index is 12.8. The molecule has 0 radical (unpaired) electrons. The summed E-state index contributed by atoms with van der Waals surface area (Å²) in [6.07, 6.45) is 0.920. The van der Waals surface area contributed by atoms with Gasteiger partial charge in [0.25, 0.3) is 5.91 Å². The highest BCUT2D eigenvalue weighted by Gasteiger charge is 2.43. The molecular weight excluding hydrogens is 390 g/mol. The standard InChI is InChI=1S/C25H29N3OS/c1-6-16(2)21-23(29)27-22-19-9-7-8-10-20(19)26-24(28(21)22)30-15-17-11-13-18(14-12-17)25(3,4)5/h7-14,16,21H,6,15H2,1-5H3. The summed E-state index contributed by atoms with van der Waals surface area (Å²) in [6.45, 7) is 10.9. The first kappa shape index (κ1) is 20.9. The summed E-state index contributed by atoms with van der Waals surface area (Å²) in [4.78, 5) is 24.3. The van der Waals surface area contributed by atoms with Gasteiger partial charge in [0.2, 0.25) is 0 Å². The third-order valence-corrected chi connectivity index (χ3v) is 6.94. The highest BCUT2D eigenvalue weighted by molar-refractivity contribution is 8.13. The van der Waals surface area contributed by atoms with Crippen LogP contribution in [0, 0.1) is 5.92 Å². The van der Waals surface area contributed by atoms with Crippen LogP contribution in [0.4, 0.5) is 5.69 Å². The molecule has 0 fully saturated rings. The van der Waals surface area contributed by atoms with Gasteiger partial charge < -0.3 is 0 Å². The molecule has 4 nitrogen and oxygen atoms in total. The van der Waals surface area contributed by atoms with Crippen molar-refractivity contribution in [3.05, 3.63) is 65.2 Å². The monoisotopic (exact) mass is 419 g/mol. The van der Waals surface area contributed by atoms with E-state index in [0.29, 0.717) is 0 Å². The van der Waals surface area contributed by atoms with Gasteiger partial charge in [0.1, 0.15) is 11.9 Å². The zero-order valence-electron chi connectivity index (χ0n) is 18.3. The lowest BCUT2D eigenvalue weighted by atomic mass is 9.87. The van der Waals surface area contributed by atoms with Crippen LogP contribution in [0.1, 0.15) is 57.7 Å². The van der Waals surface area contributed by atoms with Gasteiger partial charge in [0.05, 0.1) is 5.69 Å². The summed E-state index contributed by atoms with van der Waals surface area (Å²) < 4.78 is 0. The van der Waals surface area contributed by atoms with E-state index in [0.717, 1.165) is 34.4 Å². The van der Waals surface area contributed by atoms with Gasteiger partial charge in [-0.2, -0.15) is 4.99 Å². The smallest absolute Gasteiger partial charge is 0.271 e. The molecule has 4 rings (SSSR count). The van der Waals surface area contributed by atoms with Crippen molar-refractivity contribution < 1.29 is 4.79 Å². The van der Waals surface area contributed by atoms with Crippen LogP contribution in [0.2, 0.25) is 0 Å². The van der Waals surface area contributed by atoms with Crippen molar-refractivity contribution in [2.75, 3.05) is 0 Å². The Morgan fingerprint density at radius 2 is 1.77 bits per heavy atom. The molecule has 5 heteroatoms. The summed E-state index contributed by atoms with van der Waals surface area (Å²) in [5, 5.41) is 0.864. The number of carbonyl (C=O) groups is 1. The van der Waals surface area contributed by atoms with Crippen LogP contribution in [0.3, 0.4) is 0 Å². The topological polar surface area (TPSA) is 45.0 Å². The van der Waals surface area contributed by atoms with Gasteiger partial charge in [-0.15, -0.1) is 0 Å². The van der Waals surface area contributed by atoms with Crippen LogP contribution in [-0.4, -0.2) is 27.9 Å². The molecule has 156 valence electrons. The molecule has 1 amide bonds. The second-order valence-electron chi connectivity index (χ2n) is 9.12. The Bertz CT molecular complexity index is 1020. The first-order valence-electron chi connectivity index (χ1n) is 10.6. The van der Waals surface area contributed by atoms with Crippen molar-refractivity contribution in [2.24, 2.45) is 15.9 Å². The van der Waals surface area contributed by atoms with Crippen LogP contribution in [0.25, 0.3) is 0 Å². The van der Waals surface area contributed by atoms with Crippen molar-refractivity contribution in [1.29, 1.82) is 0 Å². The van der Waals surface area contributed by atoms with E-state index in [1.165, 1.54) is 11.1 Å². The van der Waals surface area contributed by atoms with Crippen molar-refractivity contribution in [1.82, 2.24) is 4.90 Å². The minimum Gasteiger partial charge on any atom is -0.292 e. The highest BCUT2D eigenvalue weighted by atomic mass is 32.2. The number of hydrogen-bond donors (Lipinski definition) is 0. The summed E-state index contributed by atoms with van der Waals surface area (Å²) >= 11 is 1.68. The van der Waals surface area contributed by atoms with Gasteiger partial charge in [0.15, 0.2) is 5.17 Å². The fourth-order valence-electron chi connectivity index (χ4n) is 3.86. The molecule has 2 aliphatic rings. The van der Waals surface area contributed by atoms with E-state index in [2.05, 4.69) is 68.8 Å². The Hall–Kier alpha value is -2.40. The zero-order chi connectivity index (χ0) is 21.5. The number of para-hydroxylation sites is 1. The number of nitrogens with zero attached hydrogens (tertiary/aromatic N) is 3. The molecule has 2 aliphatic heterocycles. The van der Waals surface area contributed by atoms with Crippen LogP contribution >= 0.6 is 11.8 Å². The lowest BCUT2D eigenvalue weighted by Gasteiger charge is -2.33. The van der Waals surface area contributed by atoms with Gasteiger partial charge in [-0.3, -0.25) is 9.69 Å². The molecule has 0 aliphatic carbocycles. The van der Waals surface area contributed by atoms with E-state index in [4.69, 9.17) is 4.99 Å². The van der Waals surface area contributed by atoms with E-state index >= 15 is 0 Å². The molecule has 0 saturated carbocycles. The van der Waals surface area contributed by atoms with E-state index < -0.39 is 0 Å². The Morgan fingerprint density at radius 3 is 2.43 bits per heavy atom. The molecule has 0 aromatic heterocycles. The molecule has 0 bridgehead atoms. The Balaban J connectivity index is 1.63. The second-order valence-corrected chi connectivity index (χ2v) is 10.1. The highest BCUT2D eigenvalue weighted by Crippen LogP contribution is 2.37. The summed E-state index contributed by atoms with van der Waals surface area (Å²) in [5.74, 6) is 1.71. The lowest BCUT2D eigenvalue weighted by Crippen LogP contribution is -2.46. The molecule has 30 heavy (non-hydrogen) atoms. The number of benzene rings is 2. The number of fused-ring (bicyclic) bond motifs is 3. The van der Waals surface area contributed by atoms with Crippen LogP contribution < -0.4 is 0 Å². The maximum Gasteiger partial charge on any atom is 0.271 e. The van der Waals surface area contributed by atoms with Crippen LogP contribution in [-0.2, 0) is 16.0 Å². The number of carbonyl (C=O) groups excluding carboxylic acids is 1. The lowest BCUT2D eigenvalue weighted by molar-refractivity contribution is -0.120. The zero-order valence-corrected chi connectivity index (χ0v) is 19.2. The molecular formula is C25H29N3OS. The minimum absolute atomic E-state index is 0.0566. The maximum atomic E-state index is 12.8. The van der Waals surface area contributed by atoms with E-state index in [1.807, 2.05) is 24.3 Å². The quantitative estimate of drug-likeness (QED) is 0.618. The van der Waals surface area contributed by atoms with Crippen molar-refractivity contribution in [2.45, 2.75) is 58.2 Å². The molecule has 2 atom stereocenters. The van der Waals surface area contributed by atoms with Crippen molar-refractivity contribution in [3.8, 4) is 0 Å². The summed E-state index contributed by atoms with van der Waals surface area (Å²) in [5.41, 5.74) is 4.55. The Morgan fingerprint density at radius 1 is 1.07 bits per heavy atom. The van der Waals surface area contributed by atoms with Gasteiger partial charge in [-0.1, -0.05) is 89.2 Å². The predicted octanol–water partition coefficient (Wildman–Crippen LogP) is 5.92. The SMILES string of the molecule is CCC(C)C1C(=O)N=C2c3ccccc3N=C(SCc3ccc(C(C)(C)C)cc3)N21. The van der Waals surface area contributed by atoms with Crippen LogP contribution in [0.15, 0.2) is 58.5 Å². The Labute approximate surface area is 183 Å². The van der Waals surface area contributed by atoms with Crippen LogP contribution in [0.5, 0.6) is 0 Å². The molecule has 2 aromatic rings. The number of amides is 1. The van der Waals surface area contributed by atoms with E-state index in [9.17, 15) is 4.79 Å². The first-order chi connectivity index (χ1) is 14.3. The van der Waals surface area contributed by atoms with Gasteiger partial charge in [-0.05, 0) is 34.6 Å². The molecule has 2 heterocycles. The number of aliphatic imine (C=N–C) groups is 2. The van der Waals surface area contributed by atoms with Crippen molar-refractivity contribution >= 4 is 34.4 Å². The number of amidine groups is 2. The molecule has 2 unspecified atom stereocenters. The fraction of sp³-hybridized carbons (Fsp3) is 0.400. The molecule has 0 N–H and O–H groups in total. The molecule has 0 spiro atoms. The normalized spacial score (nSPS) is 19.2. The van der Waals surface area contributed by atoms with Gasteiger partial charge in [-0.25, -0.2) is 4.99 Å². The first-order valence-corrected chi connectivity index (χ1v) is 11.6. The number of thioether (sulfide) groups is 1. The number of hydrogen-bond acceptors (Lipinski definition) is 4. The summed E-state index contributed by atoms with van der Waals surface area (Å²) in [6, 6.07) is 16.5. The van der Waals surface area contributed by atoms with E-state index in [-0.39, 0.29) is 23.3 Å². The largest absolute Gasteiger partial charge is 0.292 e.